The minimum atomic E-state index is -4.32. The van der Waals surface area contributed by atoms with Gasteiger partial charge in [0.05, 0.1) is 0 Å². The van der Waals surface area contributed by atoms with Crippen LogP contribution >= 0.6 is 0 Å². The fourth-order valence-corrected chi connectivity index (χ4v) is 1.78. The van der Waals surface area contributed by atoms with Crippen molar-refractivity contribution in [3.05, 3.63) is 35.4 Å². The van der Waals surface area contributed by atoms with Gasteiger partial charge in [-0.3, -0.25) is 10.2 Å². The number of aryl methyl sites for hydroxylation is 1. The summed E-state index contributed by atoms with van der Waals surface area (Å²) in [5.74, 6) is 0. The van der Waals surface area contributed by atoms with Crippen LogP contribution in [-0.2, 0) is 10.0 Å². The zero-order valence-corrected chi connectivity index (χ0v) is 9.74. The van der Waals surface area contributed by atoms with Crippen LogP contribution in [0.1, 0.15) is 15.9 Å². The van der Waals surface area contributed by atoms with Gasteiger partial charge in [0.25, 0.3) is 15.1 Å². The van der Waals surface area contributed by atoms with Crippen LogP contribution in [0.4, 0.5) is 4.79 Å². The lowest BCUT2D eigenvalue weighted by molar-refractivity contribution is 0.107. The molecule has 7 nitrogen and oxygen atoms in total. The highest BCUT2D eigenvalue weighted by Gasteiger charge is 2.23. The molecule has 0 heterocycles. The number of urea groups is 1. The van der Waals surface area contributed by atoms with E-state index < -0.39 is 21.2 Å². The lowest BCUT2D eigenvalue weighted by atomic mass is 10.2. The smallest absolute Gasteiger partial charge is 0.327 e. The molecule has 4 N–H and O–H groups in total. The van der Waals surface area contributed by atoms with Crippen molar-refractivity contribution in [2.45, 2.75) is 6.92 Å². The number of carbonyl (C=O) groups excluding carboxylic acids is 2. The lowest BCUT2D eigenvalue weighted by Gasteiger charge is -2.05. The molecule has 8 heteroatoms. The molecule has 0 aliphatic rings. The number of hydrazine groups is 1. The Morgan fingerprint density at radius 1 is 1.18 bits per heavy atom. The maximum Gasteiger partial charge on any atom is 0.327 e. The van der Waals surface area contributed by atoms with Crippen LogP contribution in [0.3, 0.4) is 0 Å². The van der Waals surface area contributed by atoms with E-state index in [0.717, 1.165) is 5.56 Å². The van der Waals surface area contributed by atoms with Gasteiger partial charge in [0, 0.05) is 5.56 Å². The Hall–Kier alpha value is -1.93. The molecule has 0 radical (unpaired) electrons. The Balaban J connectivity index is 2.89. The number of sulfonamides is 1. The number of rotatable bonds is 3. The number of nitrogens with two attached hydrogens (primary N) is 1. The highest BCUT2D eigenvalue weighted by atomic mass is 32.2. The first-order valence-electron chi connectivity index (χ1n) is 4.51. The molecule has 0 spiro atoms. The molecular weight excluding hydrogens is 246 g/mol. The number of benzene rings is 1. The van der Waals surface area contributed by atoms with E-state index in [4.69, 9.17) is 0 Å². The molecule has 0 aliphatic heterocycles. The van der Waals surface area contributed by atoms with E-state index in [1.165, 1.54) is 12.1 Å². The minimum Gasteiger partial charge on any atom is -0.351 e. The Kier molecular flexibility index (Phi) is 3.81. The molecule has 2 amide bonds. The molecule has 0 unspecified atom stereocenters. The summed E-state index contributed by atoms with van der Waals surface area (Å²) in [6.07, 6.45) is 0. The topological polar surface area (TPSA) is 118 Å². The normalized spacial score (nSPS) is 10.9. The largest absolute Gasteiger partial charge is 0.351 e. The van der Waals surface area contributed by atoms with Gasteiger partial charge >= 0.3 is 6.03 Å². The van der Waals surface area contributed by atoms with Gasteiger partial charge < -0.3 is 5.73 Å². The second kappa shape index (κ2) is 4.93. The molecule has 1 aromatic carbocycles. The van der Waals surface area contributed by atoms with Crippen molar-refractivity contribution in [1.29, 1.82) is 0 Å². The molecular formula is C9H11N3O4S. The summed E-state index contributed by atoms with van der Waals surface area (Å²) >= 11 is 0. The number of hydrogen-bond acceptors (Lipinski definition) is 4. The van der Waals surface area contributed by atoms with E-state index in [2.05, 4.69) is 5.73 Å². The first kappa shape index (κ1) is 13.1. The average molecular weight is 257 g/mol. The summed E-state index contributed by atoms with van der Waals surface area (Å²) in [6, 6.07) is 4.85. The number of carbonyl (C=O) groups is 2. The van der Waals surface area contributed by atoms with Crippen LogP contribution in [0.25, 0.3) is 0 Å². The van der Waals surface area contributed by atoms with Crippen LogP contribution in [-0.4, -0.2) is 19.6 Å². The van der Waals surface area contributed by atoms with Gasteiger partial charge in [-0.2, -0.15) is 0 Å². The number of amides is 2. The summed E-state index contributed by atoms with van der Waals surface area (Å²) in [6.45, 7) is 1.80. The minimum absolute atomic E-state index is 0.00521. The molecule has 0 aliphatic carbocycles. The van der Waals surface area contributed by atoms with Crippen molar-refractivity contribution in [1.82, 2.24) is 10.3 Å². The maximum atomic E-state index is 11.5. The van der Waals surface area contributed by atoms with Gasteiger partial charge in [0.2, 0.25) is 0 Å². The van der Waals surface area contributed by atoms with E-state index in [-0.39, 0.29) is 5.56 Å². The fourth-order valence-electron chi connectivity index (χ4n) is 1.01. The van der Waals surface area contributed by atoms with Crippen LogP contribution in [0, 0.1) is 6.92 Å². The third-order valence-corrected chi connectivity index (χ3v) is 2.93. The van der Waals surface area contributed by atoms with Gasteiger partial charge in [0.1, 0.15) is 0 Å². The van der Waals surface area contributed by atoms with Crippen molar-refractivity contribution in [3.63, 3.8) is 0 Å². The SMILES string of the molecule is Cc1ccc(C(=O)S(=O)(=O)NNC(N)=O)cc1. The van der Waals surface area contributed by atoms with E-state index >= 15 is 0 Å². The third kappa shape index (κ3) is 3.54. The summed E-state index contributed by atoms with van der Waals surface area (Å²) in [4.78, 5) is 23.4. The Labute approximate surface area is 98.0 Å². The summed E-state index contributed by atoms with van der Waals surface area (Å²) in [5, 5.41) is -1.15. The fraction of sp³-hybridized carbons (Fsp3) is 0.111. The van der Waals surface area contributed by atoms with Crippen molar-refractivity contribution in [3.8, 4) is 0 Å². The first-order valence-corrected chi connectivity index (χ1v) is 5.99. The van der Waals surface area contributed by atoms with Gasteiger partial charge in [0.15, 0.2) is 0 Å². The monoisotopic (exact) mass is 257 g/mol. The quantitative estimate of drug-likeness (QED) is 0.640. The predicted octanol–water partition coefficient (Wildman–Crippen LogP) is -0.362. The van der Waals surface area contributed by atoms with Crippen LogP contribution in [0.5, 0.6) is 0 Å². The van der Waals surface area contributed by atoms with Crippen molar-refractivity contribution in [2.75, 3.05) is 0 Å². The van der Waals surface area contributed by atoms with Gasteiger partial charge in [-0.1, -0.05) is 17.7 Å². The molecule has 0 aromatic heterocycles. The Morgan fingerprint density at radius 3 is 2.18 bits per heavy atom. The molecule has 0 saturated heterocycles. The average Bonchev–Trinajstić information content (AvgIpc) is 2.27. The van der Waals surface area contributed by atoms with Gasteiger partial charge in [-0.05, 0) is 19.1 Å². The van der Waals surface area contributed by atoms with Crippen molar-refractivity contribution < 1.29 is 18.0 Å². The van der Waals surface area contributed by atoms with E-state index in [1.54, 1.807) is 29.3 Å². The van der Waals surface area contributed by atoms with Crippen molar-refractivity contribution >= 4 is 21.2 Å². The zero-order valence-electron chi connectivity index (χ0n) is 8.93. The summed E-state index contributed by atoms with van der Waals surface area (Å²) in [5.41, 5.74) is 7.18. The zero-order chi connectivity index (χ0) is 13.1. The molecule has 0 saturated carbocycles. The number of hydrogen-bond donors (Lipinski definition) is 3. The Morgan fingerprint density at radius 2 is 1.71 bits per heavy atom. The Bertz CT molecular complexity index is 536. The molecule has 1 rings (SSSR count). The standard InChI is InChI=1S/C9H11N3O4S/c1-6-2-4-7(5-3-6)8(13)17(15,16)12-11-9(10)14/h2-5,12H,1H3,(H3,10,11,14). The van der Waals surface area contributed by atoms with E-state index in [0.29, 0.717) is 0 Å². The first-order chi connectivity index (χ1) is 7.83. The molecule has 0 fully saturated rings. The molecule has 1 aromatic rings. The second-order valence-electron chi connectivity index (χ2n) is 3.25. The van der Waals surface area contributed by atoms with Crippen molar-refractivity contribution in [2.24, 2.45) is 5.73 Å². The highest BCUT2D eigenvalue weighted by molar-refractivity contribution is 8.04. The van der Waals surface area contributed by atoms with Gasteiger partial charge in [-0.25, -0.2) is 13.2 Å². The molecule has 17 heavy (non-hydrogen) atoms. The van der Waals surface area contributed by atoms with Crippen LogP contribution in [0.15, 0.2) is 24.3 Å². The van der Waals surface area contributed by atoms with E-state index in [9.17, 15) is 18.0 Å². The molecule has 92 valence electrons. The van der Waals surface area contributed by atoms with Gasteiger partial charge in [-0.15, -0.1) is 4.83 Å². The molecule has 0 atom stereocenters. The van der Waals surface area contributed by atoms with E-state index in [1.807, 2.05) is 0 Å². The van der Waals surface area contributed by atoms with Crippen LogP contribution in [0.2, 0.25) is 0 Å². The number of primary amides is 1. The highest BCUT2D eigenvalue weighted by Crippen LogP contribution is 2.06. The maximum absolute atomic E-state index is 11.5. The predicted molar refractivity (Wildman–Crippen MR) is 60.3 cm³/mol. The second-order valence-corrected chi connectivity index (χ2v) is 4.83. The molecule has 0 bridgehead atoms. The number of nitrogens with one attached hydrogen (secondary N) is 2. The lowest BCUT2D eigenvalue weighted by Crippen LogP contribution is -2.46. The van der Waals surface area contributed by atoms with Crippen LogP contribution < -0.4 is 16.0 Å². The summed E-state index contributed by atoms with van der Waals surface area (Å²) in [7, 11) is -4.32. The third-order valence-electron chi connectivity index (χ3n) is 1.84. The summed E-state index contributed by atoms with van der Waals surface area (Å²) < 4.78 is 22.8.